The Kier molecular flexibility index (Phi) is 6.04. The Morgan fingerprint density at radius 2 is 1.73 bits per heavy atom. The first-order valence-corrected chi connectivity index (χ1v) is 10.7. The number of benzene rings is 2. The molecule has 2 N–H and O–H groups in total. The lowest BCUT2D eigenvalue weighted by atomic mass is 9.96. The van der Waals surface area contributed by atoms with E-state index in [1.54, 1.807) is 0 Å². The van der Waals surface area contributed by atoms with E-state index in [0.717, 1.165) is 43.6 Å². The maximum Gasteiger partial charge on any atom is 0.309 e. The van der Waals surface area contributed by atoms with Crippen molar-refractivity contribution in [3.8, 4) is 0 Å². The molecule has 0 bridgehead atoms. The van der Waals surface area contributed by atoms with Gasteiger partial charge in [0.15, 0.2) is 0 Å². The van der Waals surface area contributed by atoms with E-state index < -0.39 is 11.8 Å². The minimum absolute atomic E-state index is 0.00671. The Bertz CT molecular complexity index is 906. The summed E-state index contributed by atoms with van der Waals surface area (Å²) in [4.78, 5) is 28.8. The van der Waals surface area contributed by atoms with Crippen LogP contribution in [0.15, 0.2) is 48.5 Å². The Morgan fingerprint density at radius 3 is 2.40 bits per heavy atom. The highest BCUT2D eigenvalue weighted by Gasteiger charge is 2.28. The highest BCUT2D eigenvalue weighted by molar-refractivity contribution is 6.35. The first-order chi connectivity index (χ1) is 14.5. The summed E-state index contributed by atoms with van der Waals surface area (Å²) in [6.45, 7) is 2.15. The van der Waals surface area contributed by atoms with Gasteiger partial charge in [-0.25, -0.2) is 0 Å². The molecule has 0 saturated heterocycles. The minimum atomic E-state index is -0.547. The van der Waals surface area contributed by atoms with E-state index >= 15 is 0 Å². The summed E-state index contributed by atoms with van der Waals surface area (Å²) in [5.74, 6) is -1.07. The van der Waals surface area contributed by atoms with Crippen LogP contribution in [0.3, 0.4) is 0 Å². The van der Waals surface area contributed by atoms with Gasteiger partial charge in [0.2, 0.25) is 0 Å². The van der Waals surface area contributed by atoms with E-state index in [9.17, 15) is 9.59 Å². The van der Waals surface area contributed by atoms with Crippen LogP contribution in [0.25, 0.3) is 0 Å². The van der Waals surface area contributed by atoms with Crippen molar-refractivity contribution in [2.75, 3.05) is 32.1 Å². The summed E-state index contributed by atoms with van der Waals surface area (Å²) in [6.07, 6.45) is 2.92. The second-order valence-corrected chi connectivity index (χ2v) is 8.45. The summed E-state index contributed by atoms with van der Waals surface area (Å²) in [7, 11) is 4.04. The molecule has 6 heteroatoms. The van der Waals surface area contributed by atoms with Gasteiger partial charge in [-0.3, -0.25) is 14.5 Å². The number of carbonyl (C=O) groups excluding carboxylic acids is 2. The van der Waals surface area contributed by atoms with Crippen molar-refractivity contribution in [3.63, 3.8) is 0 Å². The molecule has 0 spiro atoms. The average molecular weight is 407 g/mol. The van der Waals surface area contributed by atoms with Crippen LogP contribution in [0.4, 0.5) is 5.69 Å². The number of fused-ring (bicyclic) bond motifs is 1. The fourth-order valence-corrected chi connectivity index (χ4v) is 3.98. The van der Waals surface area contributed by atoms with Crippen molar-refractivity contribution in [1.29, 1.82) is 0 Å². The molecule has 2 amide bonds. The third-order valence-electron chi connectivity index (χ3n) is 5.97. The SMILES string of the molecule is CN(C)c1ccc([C@H](CNC(=O)C(=O)NC2CC2)N2CCc3ccccc3C2)cc1. The third-order valence-corrected chi connectivity index (χ3v) is 5.97. The normalized spacial score (nSPS) is 17.0. The maximum atomic E-state index is 12.3. The summed E-state index contributed by atoms with van der Waals surface area (Å²) in [6, 6.07) is 17.2. The number of rotatable bonds is 6. The predicted molar refractivity (Wildman–Crippen MR) is 118 cm³/mol. The van der Waals surface area contributed by atoms with E-state index in [1.807, 2.05) is 14.1 Å². The van der Waals surface area contributed by atoms with Crippen molar-refractivity contribution in [3.05, 3.63) is 65.2 Å². The number of nitrogens with one attached hydrogen (secondary N) is 2. The first-order valence-electron chi connectivity index (χ1n) is 10.7. The topological polar surface area (TPSA) is 64.7 Å². The summed E-state index contributed by atoms with van der Waals surface area (Å²) in [5.41, 5.74) is 5.00. The predicted octanol–water partition coefficient (Wildman–Crippen LogP) is 2.25. The van der Waals surface area contributed by atoms with Gasteiger partial charge in [0.1, 0.15) is 0 Å². The monoisotopic (exact) mass is 406 g/mol. The lowest BCUT2D eigenvalue weighted by Gasteiger charge is -2.36. The van der Waals surface area contributed by atoms with Crippen molar-refractivity contribution < 1.29 is 9.59 Å². The molecule has 0 radical (unpaired) electrons. The van der Waals surface area contributed by atoms with Crippen LogP contribution in [-0.2, 0) is 22.6 Å². The lowest BCUT2D eigenvalue weighted by Crippen LogP contribution is -2.45. The van der Waals surface area contributed by atoms with Gasteiger partial charge in [0.05, 0.1) is 6.04 Å². The molecule has 158 valence electrons. The molecule has 2 aliphatic rings. The van der Waals surface area contributed by atoms with Crippen molar-refractivity contribution in [2.24, 2.45) is 0 Å². The quantitative estimate of drug-likeness (QED) is 0.723. The lowest BCUT2D eigenvalue weighted by molar-refractivity contribution is -0.139. The number of nitrogens with zero attached hydrogens (tertiary/aromatic N) is 2. The Hall–Kier alpha value is -2.86. The van der Waals surface area contributed by atoms with Crippen LogP contribution in [0.1, 0.15) is 35.6 Å². The Morgan fingerprint density at radius 1 is 1.03 bits per heavy atom. The van der Waals surface area contributed by atoms with E-state index in [4.69, 9.17) is 0 Å². The largest absolute Gasteiger partial charge is 0.378 e. The number of amides is 2. The molecule has 1 aliphatic carbocycles. The molecule has 6 nitrogen and oxygen atoms in total. The molecular formula is C24H30N4O2. The molecule has 1 aliphatic heterocycles. The van der Waals surface area contributed by atoms with Gasteiger partial charge >= 0.3 is 11.8 Å². The van der Waals surface area contributed by atoms with Crippen LogP contribution in [0, 0.1) is 0 Å². The van der Waals surface area contributed by atoms with E-state index in [1.165, 1.54) is 11.1 Å². The molecule has 1 saturated carbocycles. The fourth-order valence-electron chi connectivity index (χ4n) is 3.98. The molecule has 1 atom stereocenters. The zero-order chi connectivity index (χ0) is 21.1. The second-order valence-electron chi connectivity index (χ2n) is 8.45. The molecule has 0 aromatic heterocycles. The van der Waals surface area contributed by atoms with E-state index in [2.05, 4.69) is 69.0 Å². The van der Waals surface area contributed by atoms with Gasteiger partial charge < -0.3 is 15.5 Å². The van der Waals surface area contributed by atoms with Gasteiger partial charge in [-0.2, -0.15) is 0 Å². The van der Waals surface area contributed by atoms with Crippen LogP contribution >= 0.6 is 0 Å². The standard InChI is InChI=1S/C24H30N4O2/c1-27(2)21-11-7-18(8-12-21)22(15-25-23(29)24(30)26-20-9-10-20)28-14-13-17-5-3-4-6-19(17)16-28/h3-8,11-12,20,22H,9-10,13-16H2,1-2H3,(H,25,29)(H,26,30)/t22-/m0/s1. The average Bonchev–Trinajstić information content (AvgIpc) is 3.58. The molecule has 30 heavy (non-hydrogen) atoms. The zero-order valence-electron chi connectivity index (χ0n) is 17.7. The third kappa shape index (κ3) is 4.82. The molecule has 2 aromatic rings. The maximum absolute atomic E-state index is 12.3. The molecule has 1 heterocycles. The number of hydrogen-bond donors (Lipinski definition) is 2. The first kappa shape index (κ1) is 20.4. The molecule has 2 aromatic carbocycles. The van der Waals surface area contributed by atoms with Gasteiger partial charge in [-0.05, 0) is 48.1 Å². The number of carbonyl (C=O) groups is 2. The van der Waals surface area contributed by atoms with Crippen LogP contribution in [0.5, 0.6) is 0 Å². The van der Waals surface area contributed by atoms with Crippen LogP contribution in [0.2, 0.25) is 0 Å². The van der Waals surface area contributed by atoms with Gasteiger partial charge in [0, 0.05) is 45.5 Å². The summed E-state index contributed by atoms with van der Waals surface area (Å²) >= 11 is 0. The molecule has 0 unspecified atom stereocenters. The Balaban J connectivity index is 1.50. The number of anilines is 1. The summed E-state index contributed by atoms with van der Waals surface area (Å²) < 4.78 is 0. The fraction of sp³-hybridized carbons (Fsp3) is 0.417. The zero-order valence-corrected chi connectivity index (χ0v) is 17.7. The van der Waals surface area contributed by atoms with E-state index in [0.29, 0.717) is 6.54 Å². The summed E-state index contributed by atoms with van der Waals surface area (Å²) in [5, 5.41) is 5.63. The van der Waals surface area contributed by atoms with Gasteiger partial charge in [-0.1, -0.05) is 36.4 Å². The minimum Gasteiger partial charge on any atom is -0.378 e. The van der Waals surface area contributed by atoms with Crippen molar-refractivity contribution in [1.82, 2.24) is 15.5 Å². The van der Waals surface area contributed by atoms with Gasteiger partial charge in [-0.15, -0.1) is 0 Å². The van der Waals surface area contributed by atoms with Crippen molar-refractivity contribution in [2.45, 2.75) is 37.9 Å². The molecule has 4 rings (SSSR count). The highest BCUT2D eigenvalue weighted by Crippen LogP contribution is 2.28. The number of hydrogen-bond acceptors (Lipinski definition) is 4. The highest BCUT2D eigenvalue weighted by atomic mass is 16.2. The Labute approximate surface area is 178 Å². The van der Waals surface area contributed by atoms with E-state index in [-0.39, 0.29) is 12.1 Å². The second kappa shape index (κ2) is 8.88. The smallest absolute Gasteiger partial charge is 0.309 e. The van der Waals surface area contributed by atoms with Crippen LogP contribution in [-0.4, -0.2) is 49.9 Å². The van der Waals surface area contributed by atoms with Crippen molar-refractivity contribution >= 4 is 17.5 Å². The van der Waals surface area contributed by atoms with Gasteiger partial charge in [0.25, 0.3) is 0 Å². The van der Waals surface area contributed by atoms with Crippen LogP contribution < -0.4 is 15.5 Å². The molecular weight excluding hydrogens is 376 g/mol. The molecule has 1 fully saturated rings.